The number of halogens is 1. The molecule has 1 saturated carbocycles. The third-order valence-corrected chi connectivity index (χ3v) is 7.79. The van der Waals surface area contributed by atoms with Gasteiger partial charge in [0.15, 0.2) is 5.82 Å². The van der Waals surface area contributed by atoms with Gasteiger partial charge < -0.3 is 20.4 Å². The number of carbonyl (C=O) groups excluding carboxylic acids is 2. The van der Waals surface area contributed by atoms with Crippen molar-refractivity contribution in [1.82, 2.24) is 35.3 Å². The summed E-state index contributed by atoms with van der Waals surface area (Å²) in [6.45, 7) is 3.31. The summed E-state index contributed by atoms with van der Waals surface area (Å²) in [6, 6.07) is 13.8. The lowest BCUT2D eigenvalue weighted by molar-refractivity contribution is -0.130. The first-order valence-electron chi connectivity index (χ1n) is 13.8. The van der Waals surface area contributed by atoms with E-state index in [0.717, 1.165) is 49.9 Å². The number of nitrogens with zero attached hydrogens (tertiary/aromatic N) is 6. The van der Waals surface area contributed by atoms with Crippen LogP contribution in [-0.2, 0) is 18.3 Å². The van der Waals surface area contributed by atoms with Crippen LogP contribution in [0, 0.1) is 11.7 Å². The molecular weight excluding hydrogens is 511 g/mol. The van der Waals surface area contributed by atoms with Gasteiger partial charge in [-0.15, -0.1) is 5.10 Å². The number of hydrogen-bond acceptors (Lipinski definition) is 6. The summed E-state index contributed by atoms with van der Waals surface area (Å²) >= 11 is 0. The molecule has 0 saturated heterocycles. The summed E-state index contributed by atoms with van der Waals surface area (Å²) in [4.78, 5) is 29.3. The maximum absolute atomic E-state index is 13.2. The maximum Gasteiger partial charge on any atom is 0.319 e. The Labute approximate surface area is 234 Å². The fraction of sp³-hybridized carbons (Fsp3) is 0.483. The van der Waals surface area contributed by atoms with Gasteiger partial charge in [-0.3, -0.25) is 4.79 Å². The highest BCUT2D eigenvalue weighted by atomic mass is 19.1. The summed E-state index contributed by atoms with van der Waals surface area (Å²) < 4.78 is 14.8. The van der Waals surface area contributed by atoms with E-state index in [4.69, 9.17) is 0 Å². The summed E-state index contributed by atoms with van der Waals surface area (Å²) in [5.74, 6) is 0.660. The average molecular weight is 551 g/mol. The molecule has 4 rings (SSSR count). The Morgan fingerprint density at radius 1 is 1.12 bits per heavy atom. The first-order valence-corrected chi connectivity index (χ1v) is 13.8. The standard InChI is InChI=1S/C29H39FN8O2/c1-20(39)37(3)26-15-12-23(19-36(2)16-6-7-21-10-13-24(30)14-11-21)27(18-26)32-29(40)31-25-9-5-8-22(17-25)28-33-34-35-38(28)4/h5,8-11,13-14,17,23,26-27H,6-7,12,15-16,18-19H2,1-4H3,(H2,31,32,40)/t23-,26?,27+/m0/s1. The Morgan fingerprint density at radius 3 is 2.60 bits per heavy atom. The second kappa shape index (κ2) is 13.5. The molecule has 10 nitrogen and oxygen atoms in total. The molecular formula is C29H39FN8O2. The van der Waals surface area contributed by atoms with Crippen molar-refractivity contribution in [2.75, 3.05) is 32.5 Å². The molecule has 1 unspecified atom stereocenters. The molecule has 1 aromatic heterocycles. The fourth-order valence-electron chi connectivity index (χ4n) is 5.46. The zero-order chi connectivity index (χ0) is 28.6. The van der Waals surface area contributed by atoms with Crippen molar-refractivity contribution >= 4 is 17.6 Å². The lowest BCUT2D eigenvalue weighted by Crippen LogP contribution is -2.53. The third kappa shape index (κ3) is 7.84. The number of benzene rings is 2. The first kappa shape index (κ1) is 29.1. The van der Waals surface area contributed by atoms with Crippen LogP contribution < -0.4 is 10.6 Å². The Morgan fingerprint density at radius 2 is 1.90 bits per heavy atom. The minimum Gasteiger partial charge on any atom is -0.343 e. The molecule has 0 spiro atoms. The lowest BCUT2D eigenvalue weighted by Gasteiger charge is -2.41. The number of carbonyl (C=O) groups is 2. The monoisotopic (exact) mass is 550 g/mol. The number of amides is 3. The maximum atomic E-state index is 13.2. The predicted octanol–water partition coefficient (Wildman–Crippen LogP) is 3.72. The molecule has 2 aromatic carbocycles. The van der Waals surface area contributed by atoms with Gasteiger partial charge in [0, 0.05) is 50.9 Å². The van der Waals surface area contributed by atoms with Gasteiger partial charge in [-0.25, -0.2) is 13.9 Å². The van der Waals surface area contributed by atoms with Crippen LogP contribution in [0.5, 0.6) is 0 Å². The number of anilines is 1. The van der Waals surface area contributed by atoms with Gasteiger partial charge in [-0.1, -0.05) is 24.3 Å². The van der Waals surface area contributed by atoms with Crippen molar-refractivity contribution < 1.29 is 14.0 Å². The van der Waals surface area contributed by atoms with Crippen molar-refractivity contribution in [3.63, 3.8) is 0 Å². The van der Waals surface area contributed by atoms with Gasteiger partial charge >= 0.3 is 6.03 Å². The van der Waals surface area contributed by atoms with Crippen LogP contribution in [0.2, 0.25) is 0 Å². The van der Waals surface area contributed by atoms with Crippen LogP contribution in [0.1, 0.15) is 38.2 Å². The number of aromatic nitrogens is 4. The van der Waals surface area contributed by atoms with E-state index in [-0.39, 0.29) is 35.8 Å². The minimum absolute atomic E-state index is 0.0274. The number of aryl methyl sites for hydroxylation is 2. The van der Waals surface area contributed by atoms with Gasteiger partial charge in [0.1, 0.15) is 5.82 Å². The molecule has 3 aromatic rings. The number of urea groups is 1. The van der Waals surface area contributed by atoms with Crippen molar-refractivity contribution in [2.24, 2.45) is 13.0 Å². The molecule has 11 heteroatoms. The molecule has 1 heterocycles. The molecule has 3 atom stereocenters. The third-order valence-electron chi connectivity index (χ3n) is 7.79. The van der Waals surface area contributed by atoms with Gasteiger partial charge in [0.2, 0.25) is 5.91 Å². The molecule has 40 heavy (non-hydrogen) atoms. The van der Waals surface area contributed by atoms with E-state index in [1.165, 1.54) is 12.1 Å². The van der Waals surface area contributed by atoms with Crippen LogP contribution in [0.3, 0.4) is 0 Å². The normalized spacial score (nSPS) is 18.9. The molecule has 0 radical (unpaired) electrons. The average Bonchev–Trinajstić information content (AvgIpc) is 3.36. The molecule has 214 valence electrons. The van der Waals surface area contributed by atoms with Crippen molar-refractivity contribution in [2.45, 2.75) is 51.1 Å². The molecule has 0 aliphatic heterocycles. The van der Waals surface area contributed by atoms with Gasteiger partial charge in [0.05, 0.1) is 0 Å². The summed E-state index contributed by atoms with van der Waals surface area (Å²) in [6.07, 6.45) is 4.35. The van der Waals surface area contributed by atoms with Crippen LogP contribution in [0.15, 0.2) is 48.5 Å². The summed E-state index contributed by atoms with van der Waals surface area (Å²) in [5.41, 5.74) is 2.56. The zero-order valence-electron chi connectivity index (χ0n) is 23.7. The van der Waals surface area contributed by atoms with Crippen molar-refractivity contribution in [3.8, 4) is 11.4 Å². The SMILES string of the molecule is CC(=O)N(C)C1CC[C@@H](CN(C)CCCc2ccc(F)cc2)[C@H](NC(=O)Nc2cccc(-c3nnnn3C)c2)C1. The Bertz CT molecular complexity index is 1280. The Kier molecular flexibility index (Phi) is 9.81. The quantitative estimate of drug-likeness (QED) is 0.398. The van der Waals surface area contributed by atoms with E-state index in [0.29, 0.717) is 17.9 Å². The van der Waals surface area contributed by atoms with Crippen LogP contribution >= 0.6 is 0 Å². The van der Waals surface area contributed by atoms with Crippen LogP contribution in [0.25, 0.3) is 11.4 Å². The van der Waals surface area contributed by atoms with Gasteiger partial charge in [0.25, 0.3) is 0 Å². The topological polar surface area (TPSA) is 108 Å². The highest BCUT2D eigenvalue weighted by Gasteiger charge is 2.34. The van der Waals surface area contributed by atoms with Crippen LogP contribution in [-0.4, -0.2) is 81.2 Å². The molecule has 1 fully saturated rings. The second-order valence-electron chi connectivity index (χ2n) is 10.8. The minimum atomic E-state index is -0.284. The van der Waals surface area contributed by atoms with E-state index in [2.05, 4.69) is 38.1 Å². The van der Waals surface area contributed by atoms with Crippen molar-refractivity contribution in [1.29, 1.82) is 0 Å². The summed E-state index contributed by atoms with van der Waals surface area (Å²) in [7, 11) is 5.70. The smallest absolute Gasteiger partial charge is 0.319 e. The number of nitrogens with one attached hydrogen (secondary N) is 2. The highest BCUT2D eigenvalue weighted by Crippen LogP contribution is 2.29. The molecule has 3 amide bonds. The number of hydrogen-bond donors (Lipinski definition) is 2. The van der Waals surface area contributed by atoms with E-state index < -0.39 is 0 Å². The van der Waals surface area contributed by atoms with E-state index in [1.807, 2.05) is 43.4 Å². The highest BCUT2D eigenvalue weighted by molar-refractivity contribution is 5.90. The Hall–Kier alpha value is -3.86. The molecule has 1 aliphatic carbocycles. The van der Waals surface area contributed by atoms with E-state index in [9.17, 15) is 14.0 Å². The Balaban J connectivity index is 1.37. The lowest BCUT2D eigenvalue weighted by atomic mass is 9.80. The molecule has 0 bridgehead atoms. The van der Waals surface area contributed by atoms with E-state index in [1.54, 1.807) is 23.6 Å². The van der Waals surface area contributed by atoms with E-state index >= 15 is 0 Å². The fourth-order valence-corrected chi connectivity index (χ4v) is 5.46. The number of tetrazole rings is 1. The molecule has 1 aliphatic rings. The van der Waals surface area contributed by atoms with Gasteiger partial charge in [-0.05, 0) is 91.9 Å². The summed E-state index contributed by atoms with van der Waals surface area (Å²) in [5, 5.41) is 17.8. The second-order valence-corrected chi connectivity index (χ2v) is 10.8. The zero-order valence-corrected chi connectivity index (χ0v) is 23.7. The number of rotatable bonds is 10. The largest absolute Gasteiger partial charge is 0.343 e. The predicted molar refractivity (Wildman–Crippen MR) is 152 cm³/mol. The van der Waals surface area contributed by atoms with Crippen molar-refractivity contribution in [3.05, 3.63) is 59.9 Å². The molecule has 2 N–H and O–H groups in total. The van der Waals surface area contributed by atoms with Gasteiger partial charge in [-0.2, -0.15) is 0 Å². The first-order chi connectivity index (χ1) is 19.2. The van der Waals surface area contributed by atoms with Crippen LogP contribution in [0.4, 0.5) is 14.9 Å².